The van der Waals surface area contributed by atoms with Gasteiger partial charge in [0.25, 0.3) is 0 Å². The molecule has 3 heteroatoms. The molecule has 0 spiro atoms. The van der Waals surface area contributed by atoms with Crippen LogP contribution in [0.1, 0.15) is 0 Å². The number of anilines is 1. The van der Waals surface area contributed by atoms with Crippen molar-refractivity contribution in [3.05, 3.63) is 10.8 Å². The molecule has 2 N–H and O–H groups in total. The van der Waals surface area contributed by atoms with Crippen LogP contribution in [0.15, 0.2) is 15.7 Å². The van der Waals surface area contributed by atoms with E-state index in [1.165, 1.54) is 0 Å². The number of hydrogen-bond donors (Lipinski definition) is 2. The van der Waals surface area contributed by atoms with E-state index >= 15 is 0 Å². The third-order valence-corrected chi connectivity index (χ3v) is 1.99. The second-order valence-electron chi connectivity index (χ2n) is 1.21. The molecule has 0 fully saturated rings. The van der Waals surface area contributed by atoms with Gasteiger partial charge in [0, 0.05) is 15.7 Å². The highest BCUT2D eigenvalue weighted by molar-refractivity contribution is 7.80. The Morgan fingerprint density at radius 2 is 2.29 bits per heavy atom. The van der Waals surface area contributed by atoms with E-state index in [0.717, 1.165) is 10.6 Å². The molecule has 0 amide bonds. The smallest absolute Gasteiger partial charge is 0.0558 e. The normalized spacial score (nSPS) is 9.29. The lowest BCUT2D eigenvalue weighted by Crippen LogP contribution is -1.78. The van der Waals surface area contributed by atoms with Gasteiger partial charge >= 0.3 is 0 Å². The number of thiophene rings is 1. The van der Waals surface area contributed by atoms with Crippen LogP contribution in [0.2, 0.25) is 0 Å². The van der Waals surface area contributed by atoms with Gasteiger partial charge in [0.15, 0.2) is 0 Å². The predicted molar refractivity (Wildman–Crippen MR) is 36.0 cm³/mol. The van der Waals surface area contributed by atoms with Crippen LogP contribution in [0, 0.1) is 0 Å². The molecule has 1 aromatic rings. The van der Waals surface area contributed by atoms with Crippen molar-refractivity contribution in [1.29, 1.82) is 0 Å². The largest absolute Gasteiger partial charge is 0.397 e. The molecule has 1 aromatic heterocycles. The van der Waals surface area contributed by atoms with Crippen LogP contribution in [-0.2, 0) is 0 Å². The van der Waals surface area contributed by atoms with E-state index in [4.69, 9.17) is 5.73 Å². The average molecular weight is 131 g/mol. The molecule has 0 saturated carbocycles. The molecule has 0 radical (unpaired) electrons. The molecule has 38 valence electrons. The number of nitrogens with two attached hydrogens (primary N) is 1. The fraction of sp³-hybridized carbons (Fsp3) is 0. The van der Waals surface area contributed by atoms with E-state index in [1.807, 2.05) is 10.8 Å². The van der Waals surface area contributed by atoms with Gasteiger partial charge in [-0.3, -0.25) is 0 Å². The minimum absolute atomic E-state index is 0.772. The summed E-state index contributed by atoms with van der Waals surface area (Å²) in [5, 5.41) is 3.76. The topological polar surface area (TPSA) is 26.0 Å². The average Bonchev–Trinajstić information content (AvgIpc) is 1.91. The number of nitrogen functional groups attached to an aromatic ring is 1. The SMILES string of the molecule is Nc1cscc1S. The number of rotatable bonds is 0. The third-order valence-electron chi connectivity index (χ3n) is 0.670. The standard InChI is InChI=1S/C4H5NS2/c5-3-1-7-2-4(3)6/h1-2,6H,5H2. The van der Waals surface area contributed by atoms with Gasteiger partial charge in [0.1, 0.15) is 0 Å². The first kappa shape index (κ1) is 5.00. The Morgan fingerprint density at radius 1 is 1.57 bits per heavy atom. The van der Waals surface area contributed by atoms with E-state index in [1.54, 1.807) is 11.3 Å². The van der Waals surface area contributed by atoms with Gasteiger partial charge in [-0.05, 0) is 0 Å². The zero-order valence-corrected chi connectivity index (χ0v) is 5.30. The van der Waals surface area contributed by atoms with Crippen molar-refractivity contribution in [1.82, 2.24) is 0 Å². The Labute approximate surface area is 51.6 Å². The van der Waals surface area contributed by atoms with Gasteiger partial charge in [-0.15, -0.1) is 24.0 Å². The summed E-state index contributed by atoms with van der Waals surface area (Å²) in [7, 11) is 0. The van der Waals surface area contributed by atoms with E-state index < -0.39 is 0 Å². The fourth-order valence-electron chi connectivity index (χ4n) is 0.300. The van der Waals surface area contributed by atoms with Crippen molar-refractivity contribution in [2.24, 2.45) is 0 Å². The molecule has 0 aromatic carbocycles. The third kappa shape index (κ3) is 0.894. The van der Waals surface area contributed by atoms with Gasteiger partial charge in [0.2, 0.25) is 0 Å². The van der Waals surface area contributed by atoms with Crippen LogP contribution >= 0.6 is 24.0 Å². The summed E-state index contributed by atoms with van der Waals surface area (Å²) in [5.41, 5.74) is 6.15. The second-order valence-corrected chi connectivity index (χ2v) is 2.44. The first-order valence-electron chi connectivity index (χ1n) is 1.81. The monoisotopic (exact) mass is 131 g/mol. The van der Waals surface area contributed by atoms with Crippen molar-refractivity contribution in [2.75, 3.05) is 5.73 Å². The summed E-state index contributed by atoms with van der Waals surface area (Å²) in [6, 6.07) is 0. The van der Waals surface area contributed by atoms with Crippen LogP contribution in [-0.4, -0.2) is 0 Å². The van der Waals surface area contributed by atoms with Crippen molar-refractivity contribution in [2.45, 2.75) is 4.90 Å². The minimum atomic E-state index is 0.772. The number of hydrogen-bond acceptors (Lipinski definition) is 3. The Bertz CT molecular complexity index is 142. The quantitative estimate of drug-likeness (QED) is 0.514. The summed E-state index contributed by atoms with van der Waals surface area (Å²) in [4.78, 5) is 0.880. The molecule has 0 bridgehead atoms. The first-order valence-corrected chi connectivity index (χ1v) is 3.20. The highest BCUT2D eigenvalue weighted by Crippen LogP contribution is 2.19. The lowest BCUT2D eigenvalue weighted by Gasteiger charge is -1.80. The summed E-state index contributed by atoms with van der Waals surface area (Å²) in [5.74, 6) is 0. The molecule has 1 rings (SSSR count). The maximum Gasteiger partial charge on any atom is 0.0558 e. The zero-order chi connectivity index (χ0) is 5.28. The Hall–Kier alpha value is -0.150. The van der Waals surface area contributed by atoms with Crippen molar-refractivity contribution in [3.8, 4) is 0 Å². The summed E-state index contributed by atoms with van der Waals surface area (Å²) in [6.45, 7) is 0. The lowest BCUT2D eigenvalue weighted by atomic mass is 10.6. The van der Waals surface area contributed by atoms with Gasteiger partial charge in [-0.2, -0.15) is 0 Å². The van der Waals surface area contributed by atoms with E-state index in [9.17, 15) is 0 Å². The second kappa shape index (κ2) is 1.76. The highest BCUT2D eigenvalue weighted by atomic mass is 32.1. The van der Waals surface area contributed by atoms with Crippen LogP contribution in [0.3, 0.4) is 0 Å². The molecule has 0 aliphatic heterocycles. The number of thiol groups is 1. The maximum atomic E-state index is 5.37. The lowest BCUT2D eigenvalue weighted by molar-refractivity contribution is 1.60. The van der Waals surface area contributed by atoms with Gasteiger partial charge in [-0.1, -0.05) is 0 Å². The molecule has 0 saturated heterocycles. The van der Waals surface area contributed by atoms with Crippen molar-refractivity contribution >= 4 is 29.7 Å². The molecule has 0 aliphatic carbocycles. The van der Waals surface area contributed by atoms with E-state index in [0.29, 0.717) is 0 Å². The van der Waals surface area contributed by atoms with Crippen LogP contribution < -0.4 is 5.73 Å². The summed E-state index contributed by atoms with van der Waals surface area (Å²) in [6.07, 6.45) is 0. The van der Waals surface area contributed by atoms with Crippen LogP contribution in [0.4, 0.5) is 5.69 Å². The maximum absolute atomic E-state index is 5.37. The molecule has 0 atom stereocenters. The molecule has 1 heterocycles. The highest BCUT2D eigenvalue weighted by Gasteiger charge is 1.88. The molecule has 7 heavy (non-hydrogen) atoms. The summed E-state index contributed by atoms with van der Waals surface area (Å²) >= 11 is 5.60. The van der Waals surface area contributed by atoms with Gasteiger partial charge in [-0.25, -0.2) is 0 Å². The minimum Gasteiger partial charge on any atom is -0.397 e. The molecular formula is C4H5NS2. The van der Waals surface area contributed by atoms with Gasteiger partial charge < -0.3 is 5.73 Å². The Kier molecular flexibility index (Phi) is 1.25. The predicted octanol–water partition coefficient (Wildman–Crippen LogP) is 1.62. The summed E-state index contributed by atoms with van der Waals surface area (Å²) < 4.78 is 0. The van der Waals surface area contributed by atoms with Crippen LogP contribution in [0.25, 0.3) is 0 Å². The first-order chi connectivity index (χ1) is 3.30. The van der Waals surface area contributed by atoms with Crippen molar-refractivity contribution < 1.29 is 0 Å². The van der Waals surface area contributed by atoms with Crippen LogP contribution in [0.5, 0.6) is 0 Å². The Balaban J connectivity index is 3.12. The molecular weight excluding hydrogens is 126 g/mol. The fourth-order valence-corrected chi connectivity index (χ4v) is 1.24. The molecule has 0 aliphatic rings. The van der Waals surface area contributed by atoms with Crippen molar-refractivity contribution in [3.63, 3.8) is 0 Å². The molecule has 0 unspecified atom stereocenters. The van der Waals surface area contributed by atoms with E-state index in [-0.39, 0.29) is 0 Å². The zero-order valence-electron chi connectivity index (χ0n) is 3.59. The molecule has 1 nitrogen and oxygen atoms in total. The Morgan fingerprint density at radius 3 is 2.43 bits per heavy atom. The van der Waals surface area contributed by atoms with E-state index in [2.05, 4.69) is 12.6 Å². The van der Waals surface area contributed by atoms with Gasteiger partial charge in [0.05, 0.1) is 5.69 Å².